The van der Waals surface area contributed by atoms with Gasteiger partial charge < -0.3 is 20.9 Å². The molecule has 3 amide bonds. The number of nitrogens with zero attached hydrogens (tertiary/aromatic N) is 2. The van der Waals surface area contributed by atoms with Gasteiger partial charge in [-0.05, 0) is 84.8 Å². The number of carbonyl (C=O) groups excluding carboxylic acids is 3. The molecule has 10 nitrogen and oxygen atoms in total. The van der Waals surface area contributed by atoms with Gasteiger partial charge in [0.05, 0.1) is 21.9 Å². The third kappa shape index (κ3) is 7.79. The second kappa shape index (κ2) is 14.7. The molecule has 0 saturated carbocycles. The summed E-state index contributed by atoms with van der Waals surface area (Å²) in [5.41, 5.74) is 1.78. The molecule has 2 aromatic heterocycles. The Bertz CT molecular complexity index is 2240. The van der Waals surface area contributed by atoms with E-state index in [0.29, 0.717) is 28.1 Å². The molecular formula is C36H30F3N5O5S2. The smallest absolute Gasteiger partial charge is 0.265 e. The van der Waals surface area contributed by atoms with Gasteiger partial charge in [-0.25, -0.2) is 26.6 Å². The Hall–Kier alpha value is -5.54. The molecule has 0 fully saturated rings. The summed E-state index contributed by atoms with van der Waals surface area (Å²) in [4.78, 5) is 46.4. The third-order valence-electron chi connectivity index (χ3n) is 8.17. The second-order valence-electron chi connectivity index (χ2n) is 11.5. The number of amides is 3. The maximum Gasteiger partial charge on any atom is 0.265 e. The van der Waals surface area contributed by atoms with Crippen LogP contribution in [0.5, 0.6) is 0 Å². The minimum Gasteiger partial charge on any atom is -0.368 e. The average Bonchev–Trinajstić information content (AvgIpc) is 3.48. The maximum atomic E-state index is 14.6. The molecule has 6 rings (SSSR count). The summed E-state index contributed by atoms with van der Waals surface area (Å²) < 4.78 is 66.7. The topological polar surface area (TPSA) is 138 Å². The van der Waals surface area contributed by atoms with Gasteiger partial charge >= 0.3 is 0 Å². The number of carbonyl (C=O) groups is 3. The highest BCUT2D eigenvalue weighted by molar-refractivity contribution is 7.91. The molecule has 262 valence electrons. The summed E-state index contributed by atoms with van der Waals surface area (Å²) in [6.45, 7) is 1.77. The normalized spacial score (nSPS) is 12.4. The molecule has 1 aliphatic rings. The van der Waals surface area contributed by atoms with E-state index in [4.69, 9.17) is 0 Å². The molecule has 0 saturated heterocycles. The van der Waals surface area contributed by atoms with Gasteiger partial charge in [0.25, 0.3) is 17.7 Å². The van der Waals surface area contributed by atoms with Crippen molar-refractivity contribution in [1.82, 2.24) is 4.98 Å². The first-order valence-corrected chi connectivity index (χ1v) is 18.4. The van der Waals surface area contributed by atoms with Crippen LogP contribution in [-0.2, 0) is 16.3 Å². The predicted molar refractivity (Wildman–Crippen MR) is 191 cm³/mol. The van der Waals surface area contributed by atoms with Crippen molar-refractivity contribution >= 4 is 61.8 Å². The first-order valence-electron chi connectivity index (χ1n) is 15.7. The lowest BCUT2D eigenvalue weighted by atomic mass is 10.1. The minimum absolute atomic E-state index is 0.00394. The van der Waals surface area contributed by atoms with Gasteiger partial charge in [0, 0.05) is 46.7 Å². The number of hydrogen-bond donors (Lipinski definition) is 3. The molecule has 5 aromatic rings. The monoisotopic (exact) mass is 733 g/mol. The summed E-state index contributed by atoms with van der Waals surface area (Å²) >= 11 is 1.07. The first-order chi connectivity index (χ1) is 24.4. The van der Waals surface area contributed by atoms with Gasteiger partial charge in [0.15, 0.2) is 9.84 Å². The van der Waals surface area contributed by atoms with E-state index in [-0.39, 0.29) is 52.1 Å². The number of sulfone groups is 1. The van der Waals surface area contributed by atoms with Crippen molar-refractivity contribution in [3.63, 3.8) is 0 Å². The maximum absolute atomic E-state index is 14.6. The lowest BCUT2D eigenvalue weighted by Crippen LogP contribution is -2.32. The molecule has 0 radical (unpaired) electrons. The Balaban J connectivity index is 1.18. The van der Waals surface area contributed by atoms with Crippen molar-refractivity contribution in [2.45, 2.75) is 13.3 Å². The van der Waals surface area contributed by atoms with Crippen LogP contribution in [0, 0.1) is 17.5 Å². The van der Waals surface area contributed by atoms with Gasteiger partial charge in [-0.15, -0.1) is 11.3 Å². The van der Waals surface area contributed by atoms with Crippen LogP contribution in [0.1, 0.15) is 42.9 Å². The second-order valence-corrected chi connectivity index (χ2v) is 15.0. The zero-order valence-corrected chi connectivity index (χ0v) is 28.6. The number of fused-ring (bicyclic) bond motifs is 3. The molecule has 15 heteroatoms. The molecule has 51 heavy (non-hydrogen) atoms. The van der Waals surface area contributed by atoms with Crippen LogP contribution in [0.4, 0.5) is 36.1 Å². The van der Waals surface area contributed by atoms with Gasteiger partial charge in [0.2, 0.25) is 0 Å². The molecule has 0 spiro atoms. The zero-order valence-electron chi connectivity index (χ0n) is 27.0. The number of aromatic nitrogens is 1. The Labute approximate surface area is 295 Å². The van der Waals surface area contributed by atoms with Crippen molar-refractivity contribution < 1.29 is 36.0 Å². The summed E-state index contributed by atoms with van der Waals surface area (Å²) in [6, 6.07) is 18.1. The highest BCUT2D eigenvalue weighted by Crippen LogP contribution is 2.42. The van der Waals surface area contributed by atoms with Crippen LogP contribution >= 0.6 is 11.3 Å². The number of anilines is 4. The summed E-state index contributed by atoms with van der Waals surface area (Å²) in [5.74, 6) is -3.93. The fourth-order valence-electron chi connectivity index (χ4n) is 5.48. The van der Waals surface area contributed by atoms with E-state index >= 15 is 0 Å². The predicted octanol–water partition coefficient (Wildman–Crippen LogP) is 6.78. The van der Waals surface area contributed by atoms with Gasteiger partial charge in [-0.2, -0.15) is 0 Å². The number of nitrogens with one attached hydrogen (secondary N) is 3. The van der Waals surface area contributed by atoms with Crippen LogP contribution in [-0.4, -0.2) is 55.7 Å². The van der Waals surface area contributed by atoms with E-state index in [1.54, 1.807) is 37.3 Å². The van der Waals surface area contributed by atoms with Crippen molar-refractivity contribution in [2.75, 3.05) is 45.4 Å². The van der Waals surface area contributed by atoms with Gasteiger partial charge in [-0.1, -0.05) is 13.0 Å². The molecule has 0 unspecified atom stereocenters. The fourth-order valence-corrected chi connectivity index (χ4v) is 7.32. The molecule has 3 N–H and O–H groups in total. The molecule has 3 aromatic carbocycles. The summed E-state index contributed by atoms with van der Waals surface area (Å²) in [5, 5.41) is 7.94. The molecular weight excluding hydrogens is 704 g/mol. The largest absolute Gasteiger partial charge is 0.368 e. The van der Waals surface area contributed by atoms with E-state index in [1.807, 2.05) is 0 Å². The van der Waals surface area contributed by atoms with E-state index in [1.165, 1.54) is 47.5 Å². The number of benzene rings is 3. The van der Waals surface area contributed by atoms with Crippen molar-refractivity contribution in [3.05, 3.63) is 124 Å². The number of thiophene rings is 1. The van der Waals surface area contributed by atoms with Gasteiger partial charge in [0.1, 0.15) is 29.0 Å². The highest BCUT2D eigenvalue weighted by atomic mass is 32.2. The Morgan fingerprint density at radius 2 is 1.65 bits per heavy atom. The highest BCUT2D eigenvalue weighted by Gasteiger charge is 2.29. The quantitative estimate of drug-likeness (QED) is 0.144. The van der Waals surface area contributed by atoms with Crippen LogP contribution in [0.2, 0.25) is 0 Å². The number of rotatable bonds is 10. The van der Waals surface area contributed by atoms with Crippen molar-refractivity contribution in [3.8, 4) is 10.4 Å². The van der Waals surface area contributed by atoms with Crippen LogP contribution in [0.25, 0.3) is 10.4 Å². The first kappa shape index (κ1) is 35.3. The third-order valence-corrected chi connectivity index (χ3v) is 11.1. The molecule has 0 atom stereocenters. The van der Waals surface area contributed by atoms with Gasteiger partial charge in [-0.3, -0.25) is 14.4 Å². The average molecular weight is 734 g/mol. The van der Waals surface area contributed by atoms with E-state index in [9.17, 15) is 36.0 Å². The SMILES string of the molecule is CCS(=O)(=O)CCNc1ncccc1C(=O)Nc1ccc(C(=O)N2CCc3cc(C(=O)Nc4c(F)cccc4F)sc3-c3ccc(F)cc32)cc1. The number of pyridine rings is 1. The van der Waals surface area contributed by atoms with Crippen molar-refractivity contribution in [1.29, 1.82) is 0 Å². The minimum atomic E-state index is -3.21. The Kier molecular flexibility index (Phi) is 10.2. The van der Waals surface area contributed by atoms with E-state index < -0.39 is 50.7 Å². The molecule has 3 heterocycles. The lowest BCUT2D eigenvalue weighted by Gasteiger charge is -2.23. The van der Waals surface area contributed by atoms with E-state index in [2.05, 4.69) is 20.9 Å². The van der Waals surface area contributed by atoms with Crippen LogP contribution in [0.15, 0.2) is 85.1 Å². The zero-order chi connectivity index (χ0) is 36.3. The lowest BCUT2D eigenvalue weighted by molar-refractivity contribution is 0.0985. The standard InChI is InChI=1S/C36H30F3N5O5S2/c1-2-51(48,49)18-16-41-33-26(5-4-15-40-33)34(45)42-24-11-8-21(9-12-24)36(47)44-17-14-22-19-30(35(46)43-31-27(38)6-3-7-28(31)39)50-32(22)25-13-10-23(37)20-29(25)44/h3-13,15,19-20H,2,14,16-18H2,1H3,(H,40,41)(H,42,45)(H,43,46). The van der Waals surface area contributed by atoms with Crippen LogP contribution in [0.3, 0.4) is 0 Å². The Morgan fingerprint density at radius 3 is 2.37 bits per heavy atom. The molecule has 1 aliphatic heterocycles. The molecule has 0 aliphatic carbocycles. The van der Waals surface area contributed by atoms with Crippen molar-refractivity contribution in [2.24, 2.45) is 0 Å². The summed E-state index contributed by atoms with van der Waals surface area (Å²) in [7, 11) is -3.21. The number of para-hydroxylation sites is 1. The van der Waals surface area contributed by atoms with E-state index in [0.717, 1.165) is 23.5 Å². The summed E-state index contributed by atoms with van der Waals surface area (Å²) in [6.07, 6.45) is 1.78. The molecule has 0 bridgehead atoms. The van der Waals surface area contributed by atoms with Crippen LogP contribution < -0.4 is 20.9 Å². The number of hydrogen-bond acceptors (Lipinski definition) is 8. The number of halogens is 3. The Morgan fingerprint density at radius 1 is 0.902 bits per heavy atom. The fraction of sp³-hybridized carbons (Fsp3) is 0.167.